The molecule has 3 aliphatic rings. The quantitative estimate of drug-likeness (QED) is 0.365. The smallest absolute Gasteiger partial charge is 0.242 e. The Labute approximate surface area is 246 Å². The Kier molecular flexibility index (Phi) is 11.0. The van der Waals surface area contributed by atoms with Crippen LogP contribution in [-0.4, -0.2) is 97.4 Å². The molecule has 0 bridgehead atoms. The van der Waals surface area contributed by atoms with Crippen molar-refractivity contribution >= 4 is 35.0 Å². The third kappa shape index (κ3) is 7.49. The molecule has 1 unspecified atom stereocenters. The molecule has 8 heteroatoms. The van der Waals surface area contributed by atoms with E-state index in [-0.39, 0.29) is 29.2 Å². The number of hydrogen-bond donors (Lipinski definition) is 0. The van der Waals surface area contributed by atoms with Gasteiger partial charge in [-0.2, -0.15) is 0 Å². The van der Waals surface area contributed by atoms with Gasteiger partial charge < -0.3 is 14.7 Å². The maximum absolute atomic E-state index is 13.5. The number of carbonyl (C=O) groups is 2. The molecular weight excluding hydrogens is 531 g/mol. The van der Waals surface area contributed by atoms with E-state index in [1.165, 1.54) is 25.7 Å². The molecule has 0 spiro atoms. The lowest BCUT2D eigenvalue weighted by Gasteiger charge is -2.50. The Morgan fingerprint density at radius 3 is 2.18 bits per heavy atom. The second-order valence-electron chi connectivity index (χ2n) is 12.3. The van der Waals surface area contributed by atoms with Crippen molar-refractivity contribution in [3.05, 3.63) is 33.8 Å². The second kappa shape index (κ2) is 14.0. The number of halogens is 2. The van der Waals surface area contributed by atoms with Crippen molar-refractivity contribution in [2.24, 2.45) is 5.92 Å². The van der Waals surface area contributed by atoms with E-state index in [9.17, 15) is 9.59 Å². The van der Waals surface area contributed by atoms with Crippen molar-refractivity contribution in [2.75, 3.05) is 60.4 Å². The summed E-state index contributed by atoms with van der Waals surface area (Å²) >= 11 is 12.7. The zero-order valence-corrected chi connectivity index (χ0v) is 25.8. The van der Waals surface area contributed by atoms with E-state index in [4.69, 9.17) is 23.2 Å². The molecule has 3 fully saturated rings. The van der Waals surface area contributed by atoms with Crippen LogP contribution < -0.4 is 0 Å². The fraction of sp³-hybridized carbons (Fsp3) is 0.742. The molecule has 2 heterocycles. The predicted molar refractivity (Wildman–Crippen MR) is 161 cm³/mol. The Hall–Kier alpha value is -1.34. The number of benzene rings is 1. The van der Waals surface area contributed by atoms with Crippen LogP contribution in [0.3, 0.4) is 0 Å². The molecule has 6 nitrogen and oxygen atoms in total. The molecule has 0 N–H and O–H groups in total. The highest BCUT2D eigenvalue weighted by Crippen LogP contribution is 2.35. The highest BCUT2D eigenvalue weighted by molar-refractivity contribution is 6.42. The SMILES string of the molecule is CN(C)C(=O)C1(N2CCCCC2)CCN(CCC(CN(C)C(=O)C2CCCCC2)c2ccc(Cl)c(Cl)c2)CC1. The van der Waals surface area contributed by atoms with E-state index >= 15 is 0 Å². The first-order valence-electron chi connectivity index (χ1n) is 15.1. The van der Waals surface area contributed by atoms with Crippen molar-refractivity contribution in [2.45, 2.75) is 82.1 Å². The number of rotatable bonds is 9. The van der Waals surface area contributed by atoms with Crippen LogP contribution in [0, 0.1) is 5.92 Å². The monoisotopic (exact) mass is 578 g/mol. The largest absolute Gasteiger partial charge is 0.347 e. The first kappa shape index (κ1) is 30.6. The maximum Gasteiger partial charge on any atom is 0.242 e. The lowest BCUT2D eigenvalue weighted by Crippen LogP contribution is -2.64. The number of likely N-dealkylation sites (tertiary alicyclic amines) is 2. The number of amides is 2. The van der Waals surface area contributed by atoms with Crippen LogP contribution in [0.15, 0.2) is 18.2 Å². The van der Waals surface area contributed by atoms with E-state index in [1.807, 2.05) is 38.2 Å². The van der Waals surface area contributed by atoms with E-state index in [1.54, 1.807) is 4.90 Å². The summed E-state index contributed by atoms with van der Waals surface area (Å²) in [7, 11) is 5.75. The van der Waals surface area contributed by atoms with Crippen LogP contribution in [-0.2, 0) is 9.59 Å². The summed E-state index contributed by atoms with van der Waals surface area (Å²) < 4.78 is 0. The van der Waals surface area contributed by atoms with E-state index in [0.29, 0.717) is 16.6 Å². The van der Waals surface area contributed by atoms with Gasteiger partial charge >= 0.3 is 0 Å². The summed E-state index contributed by atoms with van der Waals surface area (Å²) in [6, 6.07) is 5.90. The number of nitrogens with zero attached hydrogens (tertiary/aromatic N) is 4. The predicted octanol–water partition coefficient (Wildman–Crippen LogP) is 5.91. The highest BCUT2D eigenvalue weighted by Gasteiger charge is 2.47. The molecule has 0 radical (unpaired) electrons. The van der Waals surface area contributed by atoms with Gasteiger partial charge in [-0.25, -0.2) is 0 Å². The Balaban J connectivity index is 1.42. The van der Waals surface area contributed by atoms with Gasteiger partial charge in [0.1, 0.15) is 5.54 Å². The van der Waals surface area contributed by atoms with E-state index < -0.39 is 0 Å². The van der Waals surface area contributed by atoms with Gasteiger partial charge in [0.15, 0.2) is 0 Å². The van der Waals surface area contributed by atoms with Crippen LogP contribution >= 0.6 is 23.2 Å². The molecule has 2 saturated heterocycles. The topological polar surface area (TPSA) is 47.1 Å². The van der Waals surface area contributed by atoms with Gasteiger partial charge in [0, 0.05) is 52.6 Å². The molecule has 0 aromatic heterocycles. The van der Waals surface area contributed by atoms with Gasteiger partial charge in [-0.15, -0.1) is 0 Å². The van der Waals surface area contributed by atoms with Gasteiger partial charge in [0.2, 0.25) is 11.8 Å². The van der Waals surface area contributed by atoms with Crippen molar-refractivity contribution in [1.82, 2.24) is 19.6 Å². The van der Waals surface area contributed by atoms with Gasteiger partial charge in [-0.1, -0.05) is 55.0 Å². The lowest BCUT2D eigenvalue weighted by molar-refractivity contribution is -0.147. The molecule has 2 aliphatic heterocycles. The summed E-state index contributed by atoms with van der Waals surface area (Å²) in [5.74, 6) is 0.888. The number of likely N-dealkylation sites (N-methyl/N-ethyl adjacent to an activating group) is 2. The molecule has 1 aromatic carbocycles. The zero-order chi connectivity index (χ0) is 28.0. The summed E-state index contributed by atoms with van der Waals surface area (Å²) in [4.78, 5) is 35.5. The normalized spacial score (nSPS) is 21.9. The highest BCUT2D eigenvalue weighted by atomic mass is 35.5. The van der Waals surface area contributed by atoms with Crippen LogP contribution in [0.4, 0.5) is 0 Å². The van der Waals surface area contributed by atoms with Gasteiger partial charge in [0.25, 0.3) is 0 Å². The van der Waals surface area contributed by atoms with Crippen molar-refractivity contribution in [3.8, 4) is 0 Å². The zero-order valence-electron chi connectivity index (χ0n) is 24.3. The van der Waals surface area contributed by atoms with Crippen molar-refractivity contribution in [3.63, 3.8) is 0 Å². The second-order valence-corrected chi connectivity index (χ2v) is 13.1. The molecule has 1 aromatic rings. The summed E-state index contributed by atoms with van der Waals surface area (Å²) in [5.41, 5.74) is 0.769. The minimum Gasteiger partial charge on any atom is -0.347 e. The Bertz CT molecular complexity index is 967. The van der Waals surface area contributed by atoms with Crippen LogP contribution in [0.5, 0.6) is 0 Å². The number of carbonyl (C=O) groups excluding carboxylic acids is 2. The Morgan fingerprint density at radius 1 is 0.923 bits per heavy atom. The summed E-state index contributed by atoms with van der Waals surface area (Å²) in [5, 5.41) is 1.12. The summed E-state index contributed by atoms with van der Waals surface area (Å²) in [6.45, 7) is 5.50. The van der Waals surface area contributed by atoms with Crippen molar-refractivity contribution < 1.29 is 9.59 Å². The minimum absolute atomic E-state index is 0.164. The van der Waals surface area contributed by atoms with Gasteiger partial charge in [-0.3, -0.25) is 14.5 Å². The Morgan fingerprint density at radius 2 is 1.56 bits per heavy atom. The maximum atomic E-state index is 13.5. The van der Waals surface area contributed by atoms with E-state index in [0.717, 1.165) is 83.2 Å². The fourth-order valence-electron chi connectivity index (χ4n) is 7.10. The van der Waals surface area contributed by atoms with Crippen LogP contribution in [0.1, 0.15) is 82.1 Å². The van der Waals surface area contributed by atoms with Crippen LogP contribution in [0.25, 0.3) is 0 Å². The fourth-order valence-corrected chi connectivity index (χ4v) is 7.41. The molecule has 1 atom stereocenters. The molecule has 1 saturated carbocycles. The summed E-state index contributed by atoms with van der Waals surface area (Å²) in [6.07, 6.45) is 11.9. The molecule has 218 valence electrons. The van der Waals surface area contributed by atoms with Crippen LogP contribution in [0.2, 0.25) is 10.0 Å². The molecule has 2 amide bonds. The average Bonchev–Trinajstić information content (AvgIpc) is 2.97. The first-order chi connectivity index (χ1) is 18.7. The van der Waals surface area contributed by atoms with Gasteiger partial charge in [0.05, 0.1) is 10.0 Å². The average molecular weight is 580 g/mol. The van der Waals surface area contributed by atoms with Crippen molar-refractivity contribution in [1.29, 1.82) is 0 Å². The number of hydrogen-bond acceptors (Lipinski definition) is 4. The lowest BCUT2D eigenvalue weighted by atomic mass is 9.82. The standard InChI is InChI=1S/C31H48Cl2N4O2/c1-34(2)30(39)31(37-17-8-5-9-18-37)15-20-36(21-16-31)19-14-26(25-12-13-27(32)28(33)22-25)23-35(3)29(38)24-10-6-4-7-11-24/h12-13,22,24,26H,4-11,14-21,23H2,1-3H3. The number of piperidine rings is 2. The third-order valence-electron chi connectivity index (χ3n) is 9.48. The molecule has 4 rings (SSSR count). The van der Waals surface area contributed by atoms with Gasteiger partial charge in [-0.05, 0) is 82.3 Å². The minimum atomic E-state index is -0.365. The molecular formula is C31H48Cl2N4O2. The third-order valence-corrected chi connectivity index (χ3v) is 10.2. The molecule has 39 heavy (non-hydrogen) atoms. The molecule has 1 aliphatic carbocycles. The first-order valence-corrected chi connectivity index (χ1v) is 15.9. The van der Waals surface area contributed by atoms with E-state index in [2.05, 4.69) is 15.9 Å².